The third-order valence-corrected chi connectivity index (χ3v) is 5.60. The van der Waals surface area contributed by atoms with Crippen LogP contribution in [0, 0.1) is 6.92 Å². The lowest BCUT2D eigenvalue weighted by Gasteiger charge is -2.21. The van der Waals surface area contributed by atoms with E-state index in [0.29, 0.717) is 6.08 Å². The zero-order chi connectivity index (χ0) is 29.0. The van der Waals surface area contributed by atoms with Crippen molar-refractivity contribution in [1.82, 2.24) is 0 Å². The van der Waals surface area contributed by atoms with Gasteiger partial charge in [0.15, 0.2) is 0 Å². The molecule has 0 radical (unpaired) electrons. The van der Waals surface area contributed by atoms with Gasteiger partial charge in [-0.1, -0.05) is 49.0 Å². The number of halogens is 6. The number of alkyl halides is 6. The number of nitrogens with two attached hydrogens (primary N) is 1. The van der Waals surface area contributed by atoms with Crippen molar-refractivity contribution >= 4 is 5.71 Å². The molecule has 39 heavy (non-hydrogen) atoms. The number of nitrogens with zero attached hydrogens (tertiary/aromatic N) is 1. The Balaban J connectivity index is 2.33. The quantitative estimate of drug-likeness (QED) is 0.176. The fourth-order valence-corrected chi connectivity index (χ4v) is 3.75. The summed E-state index contributed by atoms with van der Waals surface area (Å²) in [4.78, 5) is 3.94. The summed E-state index contributed by atoms with van der Waals surface area (Å²) in [6.07, 6.45) is -8.85. The van der Waals surface area contributed by atoms with Gasteiger partial charge in [-0.25, -0.2) is 0 Å². The van der Waals surface area contributed by atoms with Crippen LogP contribution in [0.3, 0.4) is 0 Å². The number of hydrogen-bond donors (Lipinski definition) is 1. The van der Waals surface area contributed by atoms with E-state index in [-0.39, 0.29) is 51.8 Å². The summed E-state index contributed by atoms with van der Waals surface area (Å²) in [6.45, 7) is 6.58. The zero-order valence-corrected chi connectivity index (χ0v) is 21.4. The zero-order valence-electron chi connectivity index (χ0n) is 21.4. The van der Waals surface area contributed by atoms with Gasteiger partial charge >= 0.3 is 12.4 Å². The molecule has 0 saturated carbocycles. The molecule has 0 heterocycles. The molecule has 0 spiro atoms. The molecule has 0 aliphatic heterocycles. The maximum Gasteiger partial charge on any atom is 0.430 e. The minimum absolute atomic E-state index is 0.00628. The fraction of sp³-hybridized carbons (Fsp3) is 0.207. The van der Waals surface area contributed by atoms with Gasteiger partial charge in [0.25, 0.3) is 0 Å². The number of aryl methyl sites for hydroxylation is 1. The van der Waals surface area contributed by atoms with Gasteiger partial charge in [0.1, 0.15) is 23.8 Å². The Morgan fingerprint density at radius 1 is 1.00 bits per heavy atom. The Kier molecular flexibility index (Phi) is 8.78. The highest BCUT2D eigenvalue weighted by molar-refractivity contribution is 6.12. The van der Waals surface area contributed by atoms with Gasteiger partial charge < -0.3 is 15.2 Å². The normalized spacial score (nSPS) is 12.8. The van der Waals surface area contributed by atoms with E-state index in [9.17, 15) is 26.3 Å². The standard InChI is InChI=1S/C29H26F6N2O2/c1-17(2)39-27-21(23(37-4)15-25(36)29(33,34)35)12-13-24(38-16-19-8-6-5-7-9-19)26(27)20-11-10-18(3)22(14-20)28(30,31)32/h5-15H,1,16,36H2,2-4H3. The SMILES string of the molecule is C=C(C)Oc1c(C(C=C(N)C(F)(F)F)=NC)ccc(OCc2ccccc2)c1-c1ccc(C)c(C(F)(F)F)c1. The first kappa shape index (κ1) is 29.3. The molecule has 3 aromatic carbocycles. The van der Waals surface area contributed by atoms with Crippen molar-refractivity contribution in [3.05, 3.63) is 107 Å². The molecular formula is C29H26F6N2O2. The maximum atomic E-state index is 13.8. The first-order chi connectivity index (χ1) is 18.2. The minimum atomic E-state index is -4.83. The van der Waals surface area contributed by atoms with Crippen molar-refractivity contribution in [2.75, 3.05) is 7.05 Å². The summed E-state index contributed by atoms with van der Waals surface area (Å²) in [5.41, 5.74) is 3.71. The molecule has 0 unspecified atom stereocenters. The molecule has 0 atom stereocenters. The molecule has 2 N–H and O–H groups in total. The van der Waals surface area contributed by atoms with E-state index in [1.807, 2.05) is 6.07 Å². The summed E-state index contributed by atoms with van der Waals surface area (Å²) >= 11 is 0. The molecule has 0 saturated heterocycles. The van der Waals surface area contributed by atoms with E-state index in [0.717, 1.165) is 11.6 Å². The Morgan fingerprint density at radius 2 is 1.67 bits per heavy atom. The second kappa shape index (κ2) is 11.7. The van der Waals surface area contributed by atoms with Gasteiger partial charge in [0.05, 0.1) is 22.6 Å². The van der Waals surface area contributed by atoms with Crippen LogP contribution in [0.4, 0.5) is 26.3 Å². The van der Waals surface area contributed by atoms with Crippen molar-refractivity contribution in [2.45, 2.75) is 32.8 Å². The minimum Gasteiger partial charge on any atom is -0.488 e. The van der Waals surface area contributed by atoms with Gasteiger partial charge in [-0.2, -0.15) is 26.3 Å². The summed E-state index contributed by atoms with van der Waals surface area (Å²) in [6, 6.07) is 15.6. The highest BCUT2D eigenvalue weighted by Crippen LogP contribution is 2.45. The van der Waals surface area contributed by atoms with E-state index in [1.165, 1.54) is 45.2 Å². The van der Waals surface area contributed by atoms with Crippen LogP contribution in [0.5, 0.6) is 11.5 Å². The number of allylic oxidation sites excluding steroid dienone is 3. The van der Waals surface area contributed by atoms with Crippen molar-refractivity contribution in [3.8, 4) is 22.6 Å². The number of aliphatic imine (C=N–C) groups is 1. The Morgan fingerprint density at radius 3 is 2.23 bits per heavy atom. The molecule has 0 aliphatic carbocycles. The molecule has 0 amide bonds. The summed E-state index contributed by atoms with van der Waals surface area (Å²) < 4.78 is 93.0. The molecule has 0 aromatic heterocycles. The van der Waals surface area contributed by atoms with E-state index < -0.39 is 23.6 Å². The summed E-state index contributed by atoms with van der Waals surface area (Å²) in [7, 11) is 1.26. The second-order valence-corrected chi connectivity index (χ2v) is 8.63. The van der Waals surface area contributed by atoms with Crippen LogP contribution < -0.4 is 15.2 Å². The largest absolute Gasteiger partial charge is 0.488 e. The molecule has 3 rings (SSSR count). The van der Waals surface area contributed by atoms with Crippen LogP contribution in [0.15, 0.2) is 89.8 Å². The molecule has 0 aliphatic rings. The predicted molar refractivity (Wildman–Crippen MR) is 139 cm³/mol. The second-order valence-electron chi connectivity index (χ2n) is 8.63. The van der Waals surface area contributed by atoms with Gasteiger partial charge in [-0.05, 0) is 54.8 Å². The molecule has 206 valence electrons. The first-order valence-corrected chi connectivity index (χ1v) is 11.6. The van der Waals surface area contributed by atoms with Crippen molar-refractivity contribution < 1.29 is 35.8 Å². The molecular weight excluding hydrogens is 522 g/mol. The number of hydrogen-bond acceptors (Lipinski definition) is 4. The van der Waals surface area contributed by atoms with E-state index >= 15 is 0 Å². The molecule has 4 nitrogen and oxygen atoms in total. The number of ether oxygens (including phenoxy) is 2. The predicted octanol–water partition coefficient (Wildman–Crippen LogP) is 8.00. The number of benzene rings is 3. The van der Waals surface area contributed by atoms with Crippen LogP contribution in [-0.2, 0) is 12.8 Å². The third-order valence-electron chi connectivity index (χ3n) is 5.60. The monoisotopic (exact) mass is 548 g/mol. The van der Waals surface area contributed by atoms with Crippen LogP contribution in [-0.4, -0.2) is 18.9 Å². The highest BCUT2D eigenvalue weighted by atomic mass is 19.4. The average molecular weight is 549 g/mol. The van der Waals surface area contributed by atoms with E-state index in [2.05, 4.69) is 11.6 Å². The van der Waals surface area contributed by atoms with E-state index in [4.69, 9.17) is 15.2 Å². The lowest BCUT2D eigenvalue weighted by molar-refractivity contribution is -0.138. The topological polar surface area (TPSA) is 56.8 Å². The van der Waals surface area contributed by atoms with E-state index in [1.54, 1.807) is 24.3 Å². The van der Waals surface area contributed by atoms with Gasteiger partial charge in [-0.15, -0.1) is 0 Å². The van der Waals surface area contributed by atoms with Crippen LogP contribution in [0.1, 0.15) is 29.2 Å². The van der Waals surface area contributed by atoms with Crippen LogP contribution >= 0.6 is 0 Å². The highest BCUT2D eigenvalue weighted by Gasteiger charge is 2.34. The molecule has 10 heteroatoms. The van der Waals surface area contributed by atoms with Crippen molar-refractivity contribution in [2.24, 2.45) is 10.7 Å². The smallest absolute Gasteiger partial charge is 0.430 e. The van der Waals surface area contributed by atoms with Crippen LogP contribution in [0.2, 0.25) is 0 Å². The lowest BCUT2D eigenvalue weighted by Crippen LogP contribution is -2.21. The maximum absolute atomic E-state index is 13.8. The summed E-state index contributed by atoms with van der Waals surface area (Å²) in [5.74, 6) is 0.181. The van der Waals surface area contributed by atoms with Gasteiger partial charge in [0, 0.05) is 12.6 Å². The van der Waals surface area contributed by atoms with Crippen molar-refractivity contribution in [3.63, 3.8) is 0 Å². The average Bonchev–Trinajstić information content (AvgIpc) is 2.85. The fourth-order valence-electron chi connectivity index (χ4n) is 3.75. The third kappa shape index (κ3) is 7.22. The van der Waals surface area contributed by atoms with Gasteiger partial charge in [-0.3, -0.25) is 4.99 Å². The number of rotatable bonds is 8. The Hall–Kier alpha value is -4.21. The molecule has 0 bridgehead atoms. The molecule has 0 fully saturated rings. The van der Waals surface area contributed by atoms with Gasteiger partial charge in [0.2, 0.25) is 0 Å². The van der Waals surface area contributed by atoms with Crippen molar-refractivity contribution in [1.29, 1.82) is 0 Å². The van der Waals surface area contributed by atoms with Crippen LogP contribution in [0.25, 0.3) is 11.1 Å². The summed E-state index contributed by atoms with van der Waals surface area (Å²) in [5, 5.41) is 0. The first-order valence-electron chi connectivity index (χ1n) is 11.6. The molecule has 3 aromatic rings. The Labute approximate surface area is 222 Å². The lowest BCUT2D eigenvalue weighted by atomic mass is 9.94. The Bertz CT molecular complexity index is 1410.